The zero-order valence-electron chi connectivity index (χ0n) is 15.0. The molecule has 1 aromatic carbocycles. The summed E-state index contributed by atoms with van der Waals surface area (Å²) in [5.41, 5.74) is 5.67. The molecule has 1 unspecified atom stereocenters. The average molecular weight is 338 g/mol. The van der Waals surface area contributed by atoms with Crippen molar-refractivity contribution in [2.75, 3.05) is 13.1 Å². The highest BCUT2D eigenvalue weighted by atomic mass is 16.1. The quantitative estimate of drug-likeness (QED) is 0.806. The minimum atomic E-state index is -0.0662. The Hall–Kier alpha value is -2.14. The number of aromatic nitrogens is 2. The normalized spacial score (nSPS) is 21.3. The van der Waals surface area contributed by atoms with Crippen molar-refractivity contribution in [3.05, 3.63) is 52.3 Å². The Morgan fingerprint density at radius 3 is 3.08 bits per heavy atom. The van der Waals surface area contributed by atoms with E-state index in [4.69, 9.17) is 0 Å². The minimum Gasteiger partial charge on any atom is -0.350 e. The van der Waals surface area contributed by atoms with Crippen LogP contribution in [0.5, 0.6) is 0 Å². The number of carbonyl (C=O) groups excluding carboxylic acids is 1. The lowest BCUT2D eigenvalue weighted by Gasteiger charge is -2.37. The number of hydrogen-bond acceptors (Lipinski definition) is 3. The van der Waals surface area contributed by atoms with E-state index in [2.05, 4.69) is 58.9 Å². The van der Waals surface area contributed by atoms with Gasteiger partial charge in [0.1, 0.15) is 0 Å². The van der Waals surface area contributed by atoms with Crippen LogP contribution in [0.2, 0.25) is 0 Å². The summed E-state index contributed by atoms with van der Waals surface area (Å²) in [5, 5.41) is 13.7. The molecule has 0 fully saturated rings. The van der Waals surface area contributed by atoms with E-state index in [-0.39, 0.29) is 11.3 Å². The SMILES string of the molecule is CC1(C)CCC(CNC(=O)c2n[nH]c3c2CNCC3)c2ccccc21. The molecule has 3 N–H and O–H groups in total. The number of fused-ring (bicyclic) bond motifs is 2. The highest BCUT2D eigenvalue weighted by molar-refractivity contribution is 5.94. The highest BCUT2D eigenvalue weighted by Crippen LogP contribution is 2.42. The topological polar surface area (TPSA) is 69.8 Å². The molecule has 1 aliphatic heterocycles. The maximum absolute atomic E-state index is 12.6. The van der Waals surface area contributed by atoms with Crippen LogP contribution >= 0.6 is 0 Å². The molecular formula is C20H26N4O. The number of benzene rings is 1. The molecule has 5 heteroatoms. The van der Waals surface area contributed by atoms with Crippen LogP contribution in [0.1, 0.15) is 65.5 Å². The zero-order valence-corrected chi connectivity index (χ0v) is 15.0. The van der Waals surface area contributed by atoms with E-state index < -0.39 is 0 Å². The van der Waals surface area contributed by atoms with Gasteiger partial charge in [0.2, 0.25) is 0 Å². The molecule has 1 amide bonds. The van der Waals surface area contributed by atoms with E-state index in [0.717, 1.165) is 43.6 Å². The van der Waals surface area contributed by atoms with Gasteiger partial charge in [0, 0.05) is 43.2 Å². The van der Waals surface area contributed by atoms with Crippen molar-refractivity contribution in [1.82, 2.24) is 20.8 Å². The summed E-state index contributed by atoms with van der Waals surface area (Å²) >= 11 is 0. The summed E-state index contributed by atoms with van der Waals surface area (Å²) in [4.78, 5) is 12.6. The highest BCUT2D eigenvalue weighted by Gasteiger charge is 2.32. The second-order valence-corrected chi connectivity index (χ2v) is 7.87. The molecule has 1 aliphatic carbocycles. The summed E-state index contributed by atoms with van der Waals surface area (Å²) in [5.74, 6) is 0.310. The lowest BCUT2D eigenvalue weighted by molar-refractivity contribution is 0.0943. The third-order valence-corrected chi connectivity index (χ3v) is 5.78. The van der Waals surface area contributed by atoms with Gasteiger partial charge in [0.15, 0.2) is 5.69 Å². The van der Waals surface area contributed by atoms with E-state index in [1.54, 1.807) is 0 Å². The first-order valence-electron chi connectivity index (χ1n) is 9.21. The third kappa shape index (κ3) is 2.97. The Morgan fingerprint density at radius 2 is 2.20 bits per heavy atom. The Kier molecular flexibility index (Phi) is 4.12. The van der Waals surface area contributed by atoms with Crippen molar-refractivity contribution in [2.45, 2.75) is 51.0 Å². The van der Waals surface area contributed by atoms with Gasteiger partial charge in [-0.15, -0.1) is 0 Å². The Balaban J connectivity index is 1.49. The van der Waals surface area contributed by atoms with Gasteiger partial charge in [-0.25, -0.2) is 0 Å². The second-order valence-electron chi connectivity index (χ2n) is 7.87. The first-order valence-corrected chi connectivity index (χ1v) is 9.21. The molecule has 1 atom stereocenters. The van der Waals surface area contributed by atoms with Gasteiger partial charge >= 0.3 is 0 Å². The van der Waals surface area contributed by atoms with Crippen molar-refractivity contribution in [1.29, 1.82) is 0 Å². The van der Waals surface area contributed by atoms with Gasteiger partial charge in [0.25, 0.3) is 5.91 Å². The molecule has 0 bridgehead atoms. The molecule has 0 saturated carbocycles. The predicted octanol–water partition coefficient (Wildman–Crippen LogP) is 2.64. The van der Waals surface area contributed by atoms with Gasteiger partial charge in [0.05, 0.1) is 0 Å². The summed E-state index contributed by atoms with van der Waals surface area (Å²) in [7, 11) is 0. The summed E-state index contributed by atoms with van der Waals surface area (Å²) < 4.78 is 0. The maximum atomic E-state index is 12.6. The number of amides is 1. The van der Waals surface area contributed by atoms with Crippen LogP contribution in [0.4, 0.5) is 0 Å². The van der Waals surface area contributed by atoms with E-state index in [1.165, 1.54) is 11.1 Å². The minimum absolute atomic E-state index is 0.0662. The molecule has 4 rings (SSSR count). The zero-order chi connectivity index (χ0) is 17.4. The molecule has 0 radical (unpaired) electrons. The number of hydrogen-bond donors (Lipinski definition) is 3. The summed E-state index contributed by atoms with van der Waals surface area (Å²) in [6.45, 7) is 6.94. The lowest BCUT2D eigenvalue weighted by Crippen LogP contribution is -2.34. The monoisotopic (exact) mass is 338 g/mol. The maximum Gasteiger partial charge on any atom is 0.272 e. The molecule has 5 nitrogen and oxygen atoms in total. The fraction of sp³-hybridized carbons (Fsp3) is 0.500. The van der Waals surface area contributed by atoms with Crippen LogP contribution in [0.25, 0.3) is 0 Å². The molecule has 1 aromatic heterocycles. The molecule has 2 aromatic rings. The van der Waals surface area contributed by atoms with E-state index >= 15 is 0 Å². The van der Waals surface area contributed by atoms with Crippen LogP contribution in [0.15, 0.2) is 24.3 Å². The number of nitrogens with zero attached hydrogens (tertiary/aromatic N) is 1. The smallest absolute Gasteiger partial charge is 0.272 e. The Morgan fingerprint density at radius 1 is 1.36 bits per heavy atom. The average Bonchev–Trinajstić information content (AvgIpc) is 3.05. The predicted molar refractivity (Wildman–Crippen MR) is 97.8 cm³/mol. The largest absolute Gasteiger partial charge is 0.350 e. The number of rotatable bonds is 3. The molecule has 25 heavy (non-hydrogen) atoms. The van der Waals surface area contributed by atoms with Crippen molar-refractivity contribution in [3.8, 4) is 0 Å². The van der Waals surface area contributed by atoms with Gasteiger partial charge < -0.3 is 10.6 Å². The molecule has 2 heterocycles. The Labute approximate surface area is 148 Å². The fourth-order valence-electron chi connectivity index (χ4n) is 4.22. The van der Waals surface area contributed by atoms with Crippen LogP contribution in [-0.2, 0) is 18.4 Å². The standard InChI is InChI=1S/C20H26N4O/c1-20(2)9-7-13(14-5-3-4-6-16(14)20)11-22-19(25)18-15-12-21-10-8-17(15)23-24-18/h3-6,13,21H,7-12H2,1-2H3,(H,22,25)(H,23,24). The van der Waals surface area contributed by atoms with Crippen molar-refractivity contribution in [2.24, 2.45) is 0 Å². The fourth-order valence-corrected chi connectivity index (χ4v) is 4.22. The summed E-state index contributed by atoms with van der Waals surface area (Å²) in [6, 6.07) is 8.67. The molecule has 0 saturated heterocycles. The van der Waals surface area contributed by atoms with Crippen LogP contribution in [0.3, 0.4) is 0 Å². The molecule has 2 aliphatic rings. The van der Waals surface area contributed by atoms with E-state index in [0.29, 0.717) is 18.2 Å². The van der Waals surface area contributed by atoms with Gasteiger partial charge in [-0.3, -0.25) is 9.89 Å². The van der Waals surface area contributed by atoms with Crippen LogP contribution in [-0.4, -0.2) is 29.2 Å². The molecular weight excluding hydrogens is 312 g/mol. The van der Waals surface area contributed by atoms with Crippen molar-refractivity contribution in [3.63, 3.8) is 0 Å². The van der Waals surface area contributed by atoms with Crippen molar-refractivity contribution < 1.29 is 4.79 Å². The van der Waals surface area contributed by atoms with E-state index in [9.17, 15) is 4.79 Å². The van der Waals surface area contributed by atoms with Gasteiger partial charge in [-0.1, -0.05) is 38.1 Å². The van der Waals surface area contributed by atoms with Gasteiger partial charge in [-0.2, -0.15) is 5.10 Å². The number of carbonyl (C=O) groups is 1. The lowest BCUT2D eigenvalue weighted by atomic mass is 9.69. The number of aromatic amines is 1. The first-order chi connectivity index (χ1) is 12.1. The van der Waals surface area contributed by atoms with E-state index in [1.807, 2.05) is 0 Å². The summed E-state index contributed by atoms with van der Waals surface area (Å²) in [6.07, 6.45) is 3.15. The third-order valence-electron chi connectivity index (χ3n) is 5.78. The van der Waals surface area contributed by atoms with Gasteiger partial charge in [-0.05, 0) is 29.4 Å². The van der Waals surface area contributed by atoms with Crippen molar-refractivity contribution >= 4 is 5.91 Å². The van der Waals surface area contributed by atoms with Crippen LogP contribution < -0.4 is 10.6 Å². The van der Waals surface area contributed by atoms with Crippen LogP contribution in [0, 0.1) is 0 Å². The first kappa shape index (κ1) is 16.3. The number of nitrogens with one attached hydrogen (secondary N) is 3. The molecule has 0 spiro atoms. The Bertz CT molecular complexity index is 793. The number of H-pyrrole nitrogens is 1. The second kappa shape index (κ2) is 6.30. The molecule has 132 valence electrons.